The van der Waals surface area contributed by atoms with Crippen molar-refractivity contribution in [3.05, 3.63) is 35.4 Å². The summed E-state index contributed by atoms with van der Waals surface area (Å²) in [5.41, 5.74) is 2.85. The van der Waals surface area contributed by atoms with E-state index in [4.69, 9.17) is 11.6 Å². The van der Waals surface area contributed by atoms with Crippen LogP contribution in [0.2, 0.25) is 0 Å². The van der Waals surface area contributed by atoms with Gasteiger partial charge in [-0.05, 0) is 24.6 Å². The van der Waals surface area contributed by atoms with Gasteiger partial charge in [0, 0.05) is 12.1 Å². The van der Waals surface area contributed by atoms with Gasteiger partial charge in [-0.2, -0.15) is 8.78 Å². The van der Waals surface area contributed by atoms with Crippen LogP contribution in [0.5, 0.6) is 5.75 Å². The summed E-state index contributed by atoms with van der Waals surface area (Å²) < 4.78 is 28.5. The molecule has 0 unspecified atom stereocenters. The van der Waals surface area contributed by atoms with E-state index in [1.807, 2.05) is 6.92 Å². The van der Waals surface area contributed by atoms with Gasteiger partial charge >= 0.3 is 6.61 Å². The number of benzene rings is 1. The highest BCUT2D eigenvalue weighted by atomic mass is 35.5. The molecule has 1 N–H and O–H groups in total. The highest BCUT2D eigenvalue weighted by Gasteiger charge is 2.08. The molecule has 0 saturated heterocycles. The third-order valence-electron chi connectivity index (χ3n) is 1.85. The van der Waals surface area contributed by atoms with Crippen LogP contribution in [0.3, 0.4) is 0 Å². The van der Waals surface area contributed by atoms with Crippen molar-refractivity contribution in [2.45, 2.75) is 13.5 Å². The summed E-state index contributed by atoms with van der Waals surface area (Å²) >= 11 is 5.49. The van der Waals surface area contributed by atoms with E-state index in [0.717, 1.165) is 5.57 Å². The minimum atomic E-state index is -2.83. The van der Waals surface area contributed by atoms with Crippen LogP contribution in [0.15, 0.2) is 35.4 Å². The lowest BCUT2D eigenvalue weighted by Crippen LogP contribution is -2.07. The third kappa shape index (κ3) is 4.06. The van der Waals surface area contributed by atoms with Crippen molar-refractivity contribution < 1.29 is 13.5 Å². The van der Waals surface area contributed by atoms with Gasteiger partial charge < -0.3 is 10.1 Å². The molecular weight excluding hydrogens is 236 g/mol. The summed E-state index contributed by atoms with van der Waals surface area (Å²) in [7, 11) is 0. The number of rotatable bonds is 5. The first kappa shape index (κ1) is 12.8. The lowest BCUT2D eigenvalue weighted by atomic mass is 10.2. The number of alkyl halides is 2. The van der Waals surface area contributed by atoms with E-state index in [2.05, 4.69) is 10.1 Å². The van der Waals surface area contributed by atoms with Crippen molar-refractivity contribution in [1.82, 2.24) is 0 Å². The smallest absolute Gasteiger partial charge is 0.387 e. The second kappa shape index (κ2) is 6.33. The molecule has 5 heteroatoms. The summed E-state index contributed by atoms with van der Waals surface area (Å²) in [5.74, 6) is 0.125. The van der Waals surface area contributed by atoms with Gasteiger partial charge in [-0.25, -0.2) is 0 Å². The average molecular weight is 248 g/mol. The quantitative estimate of drug-likeness (QED) is 0.854. The molecule has 0 aliphatic rings. The zero-order valence-electron chi connectivity index (χ0n) is 8.71. The van der Waals surface area contributed by atoms with Crippen molar-refractivity contribution in [2.24, 2.45) is 0 Å². The Labute approximate surface area is 97.9 Å². The Morgan fingerprint density at radius 1 is 1.50 bits per heavy atom. The maximum atomic E-state index is 12.1. The molecule has 1 aromatic carbocycles. The van der Waals surface area contributed by atoms with Crippen molar-refractivity contribution in [1.29, 1.82) is 0 Å². The molecule has 0 saturated carbocycles. The largest absolute Gasteiger partial charge is 0.433 e. The molecule has 0 radical (unpaired) electrons. The first-order valence-corrected chi connectivity index (χ1v) is 5.10. The predicted molar refractivity (Wildman–Crippen MR) is 61.2 cm³/mol. The molecule has 0 heterocycles. The normalized spacial score (nSPS) is 11.7. The monoisotopic (exact) mass is 247 g/mol. The van der Waals surface area contributed by atoms with Gasteiger partial charge in [0.1, 0.15) is 5.75 Å². The van der Waals surface area contributed by atoms with Gasteiger partial charge in [-0.15, -0.1) is 0 Å². The highest BCUT2D eigenvalue weighted by molar-refractivity contribution is 6.25. The van der Waals surface area contributed by atoms with Gasteiger partial charge in [0.05, 0.1) is 5.69 Å². The molecule has 0 bridgehead atoms. The van der Waals surface area contributed by atoms with Crippen LogP contribution in [-0.2, 0) is 0 Å². The molecule has 2 nitrogen and oxygen atoms in total. The van der Waals surface area contributed by atoms with Crippen molar-refractivity contribution in [3.63, 3.8) is 0 Å². The van der Waals surface area contributed by atoms with Crippen LogP contribution in [0.1, 0.15) is 6.92 Å². The molecule has 88 valence electrons. The number of ether oxygens (including phenoxy) is 1. The zero-order chi connectivity index (χ0) is 12.0. The van der Waals surface area contributed by atoms with Gasteiger partial charge in [0.15, 0.2) is 0 Å². The lowest BCUT2D eigenvalue weighted by Gasteiger charge is -2.12. The third-order valence-corrected chi connectivity index (χ3v) is 2.22. The number of para-hydroxylation sites is 2. The van der Waals surface area contributed by atoms with Crippen LogP contribution < -0.4 is 10.1 Å². The molecule has 16 heavy (non-hydrogen) atoms. The molecule has 0 aliphatic carbocycles. The summed E-state index contributed by atoms with van der Waals surface area (Å²) in [6, 6.07) is 6.51. The van der Waals surface area contributed by atoms with Gasteiger partial charge in [0.25, 0.3) is 0 Å². The van der Waals surface area contributed by atoms with E-state index >= 15 is 0 Å². The number of anilines is 1. The summed E-state index contributed by atoms with van der Waals surface area (Å²) in [6.07, 6.45) is 0. The predicted octanol–water partition coefficient (Wildman–Crippen LogP) is 3.84. The Bertz CT molecular complexity index is 369. The number of hydrogen-bond donors (Lipinski definition) is 1. The minimum absolute atomic E-state index is 0.125. The molecule has 0 amide bonds. The summed E-state index contributed by atoms with van der Waals surface area (Å²) in [6.45, 7) is -0.517. The second-order valence-corrected chi connectivity index (χ2v) is 3.40. The Morgan fingerprint density at radius 3 is 2.81 bits per heavy atom. The molecular formula is C11H12ClF2NO. The van der Waals surface area contributed by atoms with Crippen molar-refractivity contribution in [3.8, 4) is 5.75 Å². The maximum Gasteiger partial charge on any atom is 0.387 e. The van der Waals surface area contributed by atoms with Gasteiger partial charge in [0.2, 0.25) is 0 Å². The molecule has 0 atom stereocenters. The fraction of sp³-hybridized carbons (Fsp3) is 0.273. The number of hydrogen-bond acceptors (Lipinski definition) is 2. The Balaban J connectivity index is 2.71. The average Bonchev–Trinajstić information content (AvgIpc) is 2.26. The van der Waals surface area contributed by atoms with Crippen LogP contribution in [0.25, 0.3) is 0 Å². The van der Waals surface area contributed by atoms with E-state index in [1.54, 1.807) is 18.2 Å². The number of nitrogens with one attached hydrogen (secondary N) is 1. The SMILES string of the molecule is C/C(=C/Cl)CNc1ccccc1OC(F)F. The zero-order valence-corrected chi connectivity index (χ0v) is 9.47. The van der Waals surface area contributed by atoms with E-state index in [1.165, 1.54) is 11.6 Å². The van der Waals surface area contributed by atoms with E-state index < -0.39 is 6.61 Å². The molecule has 1 aromatic rings. The van der Waals surface area contributed by atoms with Crippen LogP contribution in [-0.4, -0.2) is 13.2 Å². The maximum absolute atomic E-state index is 12.1. The van der Waals surface area contributed by atoms with Crippen LogP contribution in [0.4, 0.5) is 14.5 Å². The van der Waals surface area contributed by atoms with E-state index in [9.17, 15) is 8.78 Å². The van der Waals surface area contributed by atoms with Crippen LogP contribution in [0, 0.1) is 0 Å². The molecule has 0 aromatic heterocycles. The standard InChI is InChI=1S/C11H12ClF2NO/c1-8(6-12)7-15-9-4-2-3-5-10(9)16-11(13)14/h2-6,11,15H,7H2,1H3/b8-6-. The molecule has 1 rings (SSSR count). The molecule has 0 aliphatic heterocycles. The molecule has 0 spiro atoms. The fourth-order valence-corrected chi connectivity index (χ4v) is 1.16. The fourth-order valence-electron chi connectivity index (χ4n) is 1.08. The lowest BCUT2D eigenvalue weighted by molar-refractivity contribution is -0.0493. The summed E-state index contributed by atoms with van der Waals surface area (Å²) in [4.78, 5) is 0. The first-order chi connectivity index (χ1) is 7.63. The Morgan fingerprint density at radius 2 is 2.19 bits per heavy atom. The van der Waals surface area contributed by atoms with Crippen LogP contribution >= 0.6 is 11.6 Å². The van der Waals surface area contributed by atoms with Gasteiger partial charge in [-0.1, -0.05) is 23.7 Å². The summed E-state index contributed by atoms with van der Waals surface area (Å²) in [5, 5.41) is 2.96. The van der Waals surface area contributed by atoms with E-state index in [0.29, 0.717) is 12.2 Å². The first-order valence-electron chi connectivity index (χ1n) is 4.67. The van der Waals surface area contributed by atoms with Crippen molar-refractivity contribution in [2.75, 3.05) is 11.9 Å². The second-order valence-electron chi connectivity index (χ2n) is 3.18. The minimum Gasteiger partial charge on any atom is -0.433 e. The Hall–Kier alpha value is -1.29. The van der Waals surface area contributed by atoms with Gasteiger partial charge in [-0.3, -0.25) is 0 Å². The number of halogens is 3. The molecule has 0 fully saturated rings. The Kier molecular flexibility index (Phi) is 5.05. The van der Waals surface area contributed by atoms with Crippen molar-refractivity contribution >= 4 is 17.3 Å². The topological polar surface area (TPSA) is 21.3 Å². The highest BCUT2D eigenvalue weighted by Crippen LogP contribution is 2.25. The van der Waals surface area contributed by atoms with E-state index in [-0.39, 0.29) is 5.75 Å².